The molecule has 2 N–H and O–H groups in total. The minimum atomic E-state index is -1.08. The highest BCUT2D eigenvalue weighted by Gasteiger charge is 2.39. The third-order valence-corrected chi connectivity index (χ3v) is 8.09. The fraction of sp³-hybridized carbons (Fsp3) is 0.600. The third kappa shape index (κ3) is 14.2. The topological polar surface area (TPSA) is 114 Å². The molecule has 0 saturated carbocycles. The maximum Gasteiger partial charge on any atom is 0.408 e. The summed E-state index contributed by atoms with van der Waals surface area (Å²) in [6, 6.07) is 12.1. The van der Waals surface area contributed by atoms with Gasteiger partial charge in [0.2, 0.25) is 11.8 Å². The van der Waals surface area contributed by atoms with E-state index in [1.807, 2.05) is 76.2 Å². The first-order chi connectivity index (χ1) is 22.8. The minimum absolute atomic E-state index is 0.209. The van der Waals surface area contributed by atoms with Gasteiger partial charge in [-0.25, -0.2) is 9.59 Å². The summed E-state index contributed by atoms with van der Waals surface area (Å²) in [5.41, 5.74) is 1.94. The number of rotatable bonds is 16. The molecule has 0 radical (unpaired) electrons. The first kappa shape index (κ1) is 41.3. The molecule has 49 heavy (non-hydrogen) atoms. The molecule has 0 aliphatic rings. The number of esters is 1. The second kappa shape index (κ2) is 18.8. The Morgan fingerprint density at radius 2 is 1.39 bits per heavy atom. The molecule has 0 aliphatic heterocycles. The molecule has 2 aromatic carbocycles. The minimum Gasteiger partial charge on any atom is -0.458 e. The van der Waals surface area contributed by atoms with Gasteiger partial charge in [0.05, 0.1) is 0 Å². The van der Waals surface area contributed by atoms with E-state index in [0.717, 1.165) is 42.4 Å². The highest BCUT2D eigenvalue weighted by Crippen LogP contribution is 2.27. The zero-order chi connectivity index (χ0) is 36.9. The van der Waals surface area contributed by atoms with Gasteiger partial charge >= 0.3 is 12.1 Å². The first-order valence-corrected chi connectivity index (χ1v) is 17.8. The van der Waals surface area contributed by atoms with Crippen molar-refractivity contribution in [3.05, 3.63) is 70.8 Å². The summed E-state index contributed by atoms with van der Waals surface area (Å²) in [4.78, 5) is 57.4. The molecule has 0 saturated heterocycles. The number of benzene rings is 2. The van der Waals surface area contributed by atoms with Crippen LogP contribution < -0.4 is 10.6 Å². The number of carbonyl (C=O) groups is 4. The molecule has 2 aromatic rings. The molecule has 0 fully saturated rings. The second-order valence-corrected chi connectivity index (χ2v) is 15.3. The van der Waals surface area contributed by atoms with Crippen LogP contribution in [-0.2, 0) is 30.3 Å². The Bertz CT molecular complexity index is 1380. The van der Waals surface area contributed by atoms with Crippen LogP contribution in [0.1, 0.15) is 123 Å². The maximum atomic E-state index is 14.7. The highest BCUT2D eigenvalue weighted by molar-refractivity contribution is 5.94. The van der Waals surface area contributed by atoms with Crippen LogP contribution in [0.25, 0.3) is 0 Å². The summed E-state index contributed by atoms with van der Waals surface area (Å²) >= 11 is 0. The first-order valence-electron chi connectivity index (χ1n) is 17.8. The average molecular weight is 680 g/mol. The quantitative estimate of drug-likeness (QED) is 0.139. The zero-order valence-corrected chi connectivity index (χ0v) is 31.8. The molecule has 0 aromatic heterocycles. The van der Waals surface area contributed by atoms with Gasteiger partial charge in [0.25, 0.3) is 0 Å². The summed E-state index contributed by atoms with van der Waals surface area (Å²) in [5.74, 6) is -1.77. The number of amides is 3. The molecule has 0 heterocycles. The number of hydrogen-bond acceptors (Lipinski definition) is 6. The van der Waals surface area contributed by atoms with Gasteiger partial charge in [0.15, 0.2) is 0 Å². The smallest absolute Gasteiger partial charge is 0.408 e. The van der Waals surface area contributed by atoms with Crippen molar-refractivity contribution in [1.29, 1.82) is 0 Å². The number of nitrogens with zero attached hydrogens (tertiary/aromatic N) is 1. The SMILES string of the molecule is CCCCCCCN(C(=O)C(NC(=O)OC(C)(C)C)C(C)C)C(C(=O)NC(Cc1ccccc1)C(=O)OC(C)(C)C)c1ccc(C)c(C)c1. The summed E-state index contributed by atoms with van der Waals surface area (Å²) in [7, 11) is 0. The Hall–Kier alpha value is -3.88. The predicted octanol–water partition coefficient (Wildman–Crippen LogP) is 7.76. The molecule has 3 amide bonds. The van der Waals surface area contributed by atoms with Crippen LogP contribution in [0.3, 0.4) is 0 Å². The summed E-state index contributed by atoms with van der Waals surface area (Å²) in [6.07, 6.45) is 4.18. The molecule has 9 nitrogen and oxygen atoms in total. The molecular formula is C40H61N3O6. The van der Waals surface area contributed by atoms with Gasteiger partial charge in [-0.1, -0.05) is 95.0 Å². The van der Waals surface area contributed by atoms with Crippen LogP contribution in [0.2, 0.25) is 0 Å². The van der Waals surface area contributed by atoms with Gasteiger partial charge in [-0.05, 0) is 90.0 Å². The van der Waals surface area contributed by atoms with E-state index in [4.69, 9.17) is 9.47 Å². The lowest BCUT2D eigenvalue weighted by atomic mass is 9.95. The van der Waals surface area contributed by atoms with Gasteiger partial charge in [-0.15, -0.1) is 0 Å². The molecule has 0 spiro atoms. The van der Waals surface area contributed by atoms with Crippen molar-refractivity contribution in [2.24, 2.45) is 5.92 Å². The summed E-state index contributed by atoms with van der Waals surface area (Å²) in [6.45, 7) is 20.7. The summed E-state index contributed by atoms with van der Waals surface area (Å²) < 4.78 is 11.3. The fourth-order valence-corrected chi connectivity index (χ4v) is 5.45. The van der Waals surface area contributed by atoms with Crippen LogP contribution in [-0.4, -0.2) is 58.6 Å². The fourth-order valence-electron chi connectivity index (χ4n) is 5.45. The van der Waals surface area contributed by atoms with Crippen molar-refractivity contribution in [2.75, 3.05) is 6.54 Å². The van der Waals surface area contributed by atoms with Gasteiger partial charge in [0, 0.05) is 13.0 Å². The number of hydrogen-bond donors (Lipinski definition) is 2. The lowest BCUT2D eigenvalue weighted by Crippen LogP contribution is -2.56. The molecule has 0 aliphatic carbocycles. The van der Waals surface area contributed by atoms with E-state index in [0.29, 0.717) is 12.0 Å². The van der Waals surface area contributed by atoms with Crippen molar-refractivity contribution >= 4 is 23.9 Å². The van der Waals surface area contributed by atoms with Gasteiger partial charge < -0.3 is 25.0 Å². The lowest BCUT2D eigenvalue weighted by molar-refractivity contribution is -0.159. The van der Waals surface area contributed by atoms with Crippen molar-refractivity contribution in [3.63, 3.8) is 0 Å². The van der Waals surface area contributed by atoms with Crippen LogP contribution >= 0.6 is 0 Å². The maximum absolute atomic E-state index is 14.7. The summed E-state index contributed by atoms with van der Waals surface area (Å²) in [5, 5.41) is 5.78. The van der Waals surface area contributed by atoms with Crippen molar-refractivity contribution in [1.82, 2.24) is 15.5 Å². The largest absolute Gasteiger partial charge is 0.458 e. The van der Waals surface area contributed by atoms with Crippen molar-refractivity contribution in [2.45, 2.75) is 144 Å². The normalized spacial score (nSPS) is 13.6. The van der Waals surface area contributed by atoms with Crippen molar-refractivity contribution in [3.8, 4) is 0 Å². The van der Waals surface area contributed by atoms with Gasteiger partial charge in [0.1, 0.15) is 29.3 Å². The third-order valence-electron chi connectivity index (χ3n) is 8.09. The van der Waals surface area contributed by atoms with E-state index in [1.54, 1.807) is 46.4 Å². The van der Waals surface area contributed by atoms with Crippen LogP contribution in [0.15, 0.2) is 48.5 Å². The van der Waals surface area contributed by atoms with Crippen LogP contribution in [0, 0.1) is 19.8 Å². The van der Waals surface area contributed by atoms with Gasteiger partial charge in [-0.2, -0.15) is 0 Å². The Labute approximate surface area is 294 Å². The number of unbranched alkanes of at least 4 members (excludes halogenated alkanes) is 4. The van der Waals surface area contributed by atoms with E-state index in [2.05, 4.69) is 17.6 Å². The highest BCUT2D eigenvalue weighted by atomic mass is 16.6. The zero-order valence-electron chi connectivity index (χ0n) is 31.8. The number of nitrogens with one attached hydrogen (secondary N) is 2. The van der Waals surface area contributed by atoms with E-state index in [-0.39, 0.29) is 18.9 Å². The second-order valence-electron chi connectivity index (χ2n) is 15.3. The van der Waals surface area contributed by atoms with Gasteiger partial charge in [-0.3, -0.25) is 9.59 Å². The predicted molar refractivity (Wildman–Crippen MR) is 195 cm³/mol. The van der Waals surface area contributed by atoms with E-state index < -0.39 is 53.2 Å². The van der Waals surface area contributed by atoms with E-state index in [9.17, 15) is 19.2 Å². The van der Waals surface area contributed by atoms with Crippen molar-refractivity contribution < 1.29 is 28.7 Å². The lowest BCUT2D eigenvalue weighted by Gasteiger charge is -2.36. The van der Waals surface area contributed by atoms with Crippen LogP contribution in [0.4, 0.5) is 4.79 Å². The monoisotopic (exact) mass is 679 g/mol. The average Bonchev–Trinajstić information content (AvgIpc) is 2.98. The molecule has 272 valence electrons. The number of carbonyl (C=O) groups excluding carboxylic acids is 4. The molecular weight excluding hydrogens is 618 g/mol. The molecule has 0 bridgehead atoms. The standard InChI is InChI=1S/C40H61N3O6/c1-12-13-14-15-19-24-43(36(45)33(27(2)3)42-38(47)49-40(9,10)11)34(31-23-22-28(4)29(5)25-31)35(44)41-32(37(46)48-39(6,7)8)26-30-20-17-16-18-21-30/h16-18,20-23,25,27,32-34H,12-15,19,24,26H2,1-11H3,(H,41,44)(H,42,47). The molecule has 3 atom stereocenters. The van der Waals surface area contributed by atoms with Crippen LogP contribution in [0.5, 0.6) is 0 Å². The van der Waals surface area contributed by atoms with E-state index >= 15 is 0 Å². The molecule has 2 rings (SSSR count). The van der Waals surface area contributed by atoms with E-state index in [1.165, 1.54) is 0 Å². The number of aryl methyl sites for hydroxylation is 2. The Kier molecular flexibility index (Phi) is 15.8. The molecule has 9 heteroatoms. The Morgan fingerprint density at radius 1 is 0.776 bits per heavy atom. The molecule has 3 unspecified atom stereocenters. The number of ether oxygens (including phenoxy) is 2. The Balaban J connectivity index is 2.66. The number of alkyl carbamates (subject to hydrolysis) is 1. The Morgan fingerprint density at radius 3 is 1.94 bits per heavy atom.